The number of anilines is 1. The zero-order valence-electron chi connectivity index (χ0n) is 31.4. The number of fused-ring (bicyclic) bond motifs is 18. The van der Waals surface area contributed by atoms with Crippen molar-refractivity contribution in [2.75, 3.05) is 5.32 Å². The molecule has 8 N–H and O–H groups in total. The normalized spacial score (nSPS) is 21.1. The first-order chi connectivity index (χ1) is 28.0. The summed E-state index contributed by atoms with van der Waals surface area (Å²) in [5.41, 5.74) is 10.4. The van der Waals surface area contributed by atoms with Crippen molar-refractivity contribution < 1.29 is 33.9 Å². The summed E-state index contributed by atoms with van der Waals surface area (Å²) in [6.45, 7) is 0. The van der Waals surface area contributed by atoms with E-state index in [1.807, 2.05) is 78.2 Å². The quantitative estimate of drug-likeness (QED) is 0.116. The molecule has 0 fully saturated rings. The number of rotatable bonds is 8. The maximum Gasteiger partial charge on any atom is 0.326 e. The monoisotopic (exact) mass is 800 g/mol. The topological polar surface area (TPSA) is 209 Å². The summed E-state index contributed by atoms with van der Waals surface area (Å²) in [6, 6.07) is 29.8. The first kappa shape index (κ1) is 41.0. The van der Waals surface area contributed by atoms with Crippen LogP contribution in [0.4, 0.5) is 5.69 Å². The Bertz CT molecular complexity index is 2200. The second-order valence-electron chi connectivity index (χ2n) is 14.1. The van der Waals surface area contributed by atoms with Crippen LogP contribution in [0.1, 0.15) is 28.0 Å². The summed E-state index contributed by atoms with van der Waals surface area (Å²) < 4.78 is 0. The minimum Gasteiger partial charge on any atom is -0.480 e. The molecule has 5 amide bonds. The molecule has 5 atom stereocenters. The van der Waals surface area contributed by atoms with Crippen LogP contribution in [0, 0.1) is 0 Å². The van der Waals surface area contributed by atoms with Crippen LogP contribution in [0.15, 0.2) is 127 Å². The van der Waals surface area contributed by atoms with E-state index in [1.165, 1.54) is 11.3 Å². The van der Waals surface area contributed by atoms with Crippen LogP contribution in [0.3, 0.4) is 0 Å². The van der Waals surface area contributed by atoms with Gasteiger partial charge in [-0.15, -0.1) is 11.3 Å². The number of hydrogen-bond acceptors (Lipinski definition) is 8. The zero-order valence-corrected chi connectivity index (χ0v) is 32.2. The molecule has 2 bridgehead atoms. The Morgan fingerprint density at radius 2 is 1.14 bits per heavy atom. The van der Waals surface area contributed by atoms with E-state index < -0.39 is 72.1 Å². The Morgan fingerprint density at radius 3 is 1.72 bits per heavy atom. The Kier molecular flexibility index (Phi) is 13.8. The molecule has 4 aromatic carbocycles. The first-order valence-corrected chi connectivity index (χ1v) is 19.7. The number of thiophene rings is 1. The number of carboxylic acids is 1. The minimum atomic E-state index is -1.38. The van der Waals surface area contributed by atoms with Crippen molar-refractivity contribution in [1.29, 1.82) is 0 Å². The van der Waals surface area contributed by atoms with Crippen molar-refractivity contribution in [3.63, 3.8) is 0 Å². The van der Waals surface area contributed by atoms with Gasteiger partial charge in [0.05, 0.1) is 12.5 Å². The molecule has 14 heteroatoms. The molecule has 5 unspecified atom stereocenters. The average molecular weight is 801 g/mol. The molecule has 5 aromatic rings. The summed E-state index contributed by atoms with van der Waals surface area (Å²) in [4.78, 5) is 82.2. The van der Waals surface area contributed by atoms with E-state index in [-0.39, 0.29) is 25.7 Å². The molecular formula is C44H44N6O7S. The number of nitrogens with two attached hydrogens (primary N) is 1. The number of carboxylic acid groups (broad SMARTS) is 1. The number of amides is 5. The molecule has 3 heterocycles. The molecule has 58 heavy (non-hydrogen) atoms. The zero-order chi connectivity index (χ0) is 41.0. The van der Waals surface area contributed by atoms with Gasteiger partial charge in [-0.25, -0.2) is 4.79 Å². The molecule has 1 aromatic heterocycles. The van der Waals surface area contributed by atoms with Gasteiger partial charge in [-0.05, 0) is 51.4 Å². The van der Waals surface area contributed by atoms with E-state index in [2.05, 4.69) is 26.6 Å². The number of carbonyl (C=O) groups is 6. The minimum absolute atomic E-state index is 0.00457. The molecule has 7 rings (SSSR count). The van der Waals surface area contributed by atoms with E-state index in [0.717, 1.165) is 16.0 Å². The van der Waals surface area contributed by atoms with Gasteiger partial charge in [-0.2, -0.15) is 0 Å². The van der Waals surface area contributed by atoms with Crippen molar-refractivity contribution in [1.82, 2.24) is 21.3 Å². The average Bonchev–Trinajstić information content (AvgIpc) is 3.74. The number of hydrogen-bond donors (Lipinski definition) is 7. The number of carbonyl (C=O) groups excluding carboxylic acids is 5. The Balaban J connectivity index is 1.35. The van der Waals surface area contributed by atoms with Gasteiger partial charge >= 0.3 is 5.97 Å². The van der Waals surface area contributed by atoms with Gasteiger partial charge < -0.3 is 37.4 Å². The van der Waals surface area contributed by atoms with Crippen LogP contribution >= 0.6 is 11.3 Å². The number of benzene rings is 4. The van der Waals surface area contributed by atoms with Crippen molar-refractivity contribution in [3.8, 4) is 11.1 Å². The molecule has 2 aliphatic rings. The molecule has 0 spiro atoms. The maximum absolute atomic E-state index is 14.4. The third-order valence-electron chi connectivity index (χ3n) is 9.70. The van der Waals surface area contributed by atoms with Crippen LogP contribution in [0.2, 0.25) is 0 Å². The van der Waals surface area contributed by atoms with E-state index in [4.69, 9.17) is 5.73 Å². The summed E-state index contributed by atoms with van der Waals surface area (Å²) in [5, 5.41) is 25.6. The predicted molar refractivity (Wildman–Crippen MR) is 220 cm³/mol. The Labute approximate surface area is 339 Å². The molecule has 0 saturated carbocycles. The van der Waals surface area contributed by atoms with Gasteiger partial charge in [0.1, 0.15) is 24.2 Å². The third kappa shape index (κ3) is 11.5. The van der Waals surface area contributed by atoms with Gasteiger partial charge in [0.25, 0.3) is 0 Å². The van der Waals surface area contributed by atoms with Crippen molar-refractivity contribution in [3.05, 3.63) is 148 Å². The van der Waals surface area contributed by atoms with E-state index in [9.17, 15) is 33.9 Å². The third-order valence-corrected chi connectivity index (χ3v) is 10.6. The summed E-state index contributed by atoms with van der Waals surface area (Å²) in [7, 11) is 0. The van der Waals surface area contributed by atoms with Crippen LogP contribution in [-0.4, -0.2) is 70.8 Å². The summed E-state index contributed by atoms with van der Waals surface area (Å²) >= 11 is 1.38. The SMILES string of the molecule is NC1CC(=O)NC(Cc2cccs2)C(=O)NC(Cc2ccc(-c3ccccc3)cc2)C(=O)NC(Cc2ccccc2)C(=O)NC(C(=O)O)Cc2ccc(cc2)NC1=O. The molecule has 2 aliphatic heterocycles. The molecule has 0 radical (unpaired) electrons. The van der Waals surface area contributed by atoms with Crippen molar-refractivity contribution in [2.45, 2.75) is 62.3 Å². The van der Waals surface area contributed by atoms with Gasteiger partial charge in [0.15, 0.2) is 0 Å². The fraction of sp³-hybridized carbons (Fsp3) is 0.227. The van der Waals surface area contributed by atoms with Crippen LogP contribution < -0.4 is 32.3 Å². The second-order valence-corrected chi connectivity index (χ2v) is 15.1. The van der Waals surface area contributed by atoms with Crippen molar-refractivity contribution in [2.24, 2.45) is 5.73 Å². The molecule has 0 aliphatic carbocycles. The Morgan fingerprint density at radius 1 is 0.586 bits per heavy atom. The number of aliphatic carboxylic acids is 1. The lowest BCUT2D eigenvalue weighted by atomic mass is 9.99. The van der Waals surface area contributed by atoms with Gasteiger partial charge in [-0.3, -0.25) is 24.0 Å². The first-order valence-electron chi connectivity index (χ1n) is 18.8. The van der Waals surface area contributed by atoms with Gasteiger partial charge in [-0.1, -0.05) is 103 Å². The lowest BCUT2D eigenvalue weighted by Gasteiger charge is -2.26. The largest absolute Gasteiger partial charge is 0.480 e. The van der Waals surface area contributed by atoms with Crippen LogP contribution in [0.25, 0.3) is 11.1 Å². The van der Waals surface area contributed by atoms with Crippen LogP contribution in [0.5, 0.6) is 0 Å². The summed E-state index contributed by atoms with van der Waals surface area (Å²) in [6.07, 6.45) is -0.443. The smallest absolute Gasteiger partial charge is 0.326 e. The fourth-order valence-corrected chi connectivity index (χ4v) is 7.32. The van der Waals surface area contributed by atoms with Crippen molar-refractivity contribution >= 4 is 52.5 Å². The van der Waals surface area contributed by atoms with Crippen LogP contribution in [-0.2, 0) is 54.5 Å². The van der Waals surface area contributed by atoms with E-state index in [1.54, 1.807) is 48.5 Å². The molecule has 13 nitrogen and oxygen atoms in total. The fourth-order valence-electron chi connectivity index (χ4n) is 6.56. The molecular weight excluding hydrogens is 757 g/mol. The lowest BCUT2D eigenvalue weighted by Crippen LogP contribution is -2.59. The molecule has 298 valence electrons. The highest BCUT2D eigenvalue weighted by Gasteiger charge is 2.33. The van der Waals surface area contributed by atoms with Gasteiger partial charge in [0, 0.05) is 36.2 Å². The standard InChI is InChI=1S/C44H44N6O7S/c45-34-26-39(51)47-37(25-33-12-7-21-58-33)43(55)49-36(23-28-13-17-31(18-14-28)30-10-5-2-6-11-30)41(53)48-35(22-27-8-3-1-4-9-27)42(54)50-38(44(56)57)24-29-15-19-32(20-16-29)46-40(34)52/h1-21,34-38H,22-26,45H2,(H,46,52)(H,47,51)(H,48,53)(H,49,55)(H,50,54)(H,56,57). The highest BCUT2D eigenvalue weighted by molar-refractivity contribution is 7.09. The highest BCUT2D eigenvalue weighted by Crippen LogP contribution is 2.21. The van der Waals surface area contributed by atoms with Gasteiger partial charge in [0.2, 0.25) is 29.5 Å². The molecule has 0 saturated heterocycles. The second kappa shape index (κ2) is 19.5. The summed E-state index contributed by atoms with van der Waals surface area (Å²) in [5.74, 6) is -4.72. The number of nitrogens with one attached hydrogen (secondary N) is 5. The Hall–Kier alpha value is -6.64. The lowest BCUT2D eigenvalue weighted by molar-refractivity contribution is -0.142. The van der Waals surface area contributed by atoms with E-state index in [0.29, 0.717) is 22.4 Å². The predicted octanol–water partition coefficient (Wildman–Crippen LogP) is 3.38. The van der Waals surface area contributed by atoms with E-state index >= 15 is 0 Å². The maximum atomic E-state index is 14.4. The highest BCUT2D eigenvalue weighted by atomic mass is 32.1.